The van der Waals surface area contributed by atoms with E-state index in [1.54, 1.807) is 4.90 Å². The second kappa shape index (κ2) is 8.70. The van der Waals surface area contributed by atoms with Crippen molar-refractivity contribution in [2.45, 2.75) is 30.8 Å². The van der Waals surface area contributed by atoms with Crippen LogP contribution in [0.2, 0.25) is 5.15 Å². The number of hydrogen-bond donors (Lipinski definition) is 3. The van der Waals surface area contributed by atoms with Crippen molar-refractivity contribution in [2.24, 2.45) is 5.92 Å². The molecule has 0 bridgehead atoms. The fourth-order valence-electron chi connectivity index (χ4n) is 2.93. The zero-order valence-electron chi connectivity index (χ0n) is 14.8. The molecule has 0 unspecified atom stereocenters. The summed E-state index contributed by atoms with van der Waals surface area (Å²) in [5, 5.41) is 10.3. The molecule has 150 valence electrons. The number of aromatic nitrogens is 2. The van der Waals surface area contributed by atoms with E-state index in [4.69, 9.17) is 22.4 Å². The van der Waals surface area contributed by atoms with Gasteiger partial charge in [-0.25, -0.2) is 23.2 Å². The molecule has 1 aromatic heterocycles. The number of carboxylic acid groups (broad SMARTS) is 1. The number of hydrogen-bond acceptors (Lipinski definition) is 7. The van der Waals surface area contributed by atoms with Crippen molar-refractivity contribution in [3.05, 3.63) is 10.7 Å². The SMILES string of the molecule is CS(=O)(=O)c1nc(N)c(CCC2CCN(C(=O)CNC(=O)O)CC2)c(Cl)n1. The van der Waals surface area contributed by atoms with Crippen LogP contribution in [-0.4, -0.2) is 66.3 Å². The standard InChI is InChI=1S/C15H22ClN5O5S/c1-27(25,26)14-19-12(16)10(13(17)20-14)3-2-9-4-6-21(7-5-9)11(22)8-18-15(23)24/h9,18H,2-8H2,1H3,(H,23,24)(H2,17,19,20). The van der Waals surface area contributed by atoms with Crippen molar-refractivity contribution >= 4 is 39.3 Å². The van der Waals surface area contributed by atoms with E-state index >= 15 is 0 Å². The molecular formula is C15H22ClN5O5S. The Kier molecular flexibility index (Phi) is 6.82. The van der Waals surface area contributed by atoms with E-state index < -0.39 is 21.1 Å². The van der Waals surface area contributed by atoms with Crippen LogP contribution in [0.1, 0.15) is 24.8 Å². The van der Waals surface area contributed by atoms with Gasteiger partial charge in [-0.2, -0.15) is 0 Å². The molecule has 12 heteroatoms. The summed E-state index contributed by atoms with van der Waals surface area (Å²) in [5.74, 6) is 0.155. The number of likely N-dealkylation sites (tertiary alicyclic amines) is 1. The minimum Gasteiger partial charge on any atom is -0.465 e. The number of nitrogen functional groups attached to an aromatic ring is 1. The van der Waals surface area contributed by atoms with Crippen molar-refractivity contribution < 1.29 is 23.1 Å². The number of rotatable bonds is 6. The Morgan fingerprint density at radius 3 is 2.48 bits per heavy atom. The number of halogens is 1. The van der Waals surface area contributed by atoms with Crippen molar-refractivity contribution in [3.8, 4) is 0 Å². The first-order valence-electron chi connectivity index (χ1n) is 8.34. The molecule has 1 saturated heterocycles. The topological polar surface area (TPSA) is 156 Å². The van der Waals surface area contributed by atoms with Crippen LogP contribution in [0.3, 0.4) is 0 Å². The maximum absolute atomic E-state index is 11.9. The van der Waals surface area contributed by atoms with E-state index in [1.807, 2.05) is 0 Å². The van der Waals surface area contributed by atoms with Crippen LogP contribution in [0.25, 0.3) is 0 Å². The zero-order chi connectivity index (χ0) is 20.2. The molecule has 1 aromatic rings. The molecule has 2 amide bonds. The lowest BCUT2D eigenvalue weighted by Gasteiger charge is -2.32. The van der Waals surface area contributed by atoms with Crippen molar-refractivity contribution in [2.75, 3.05) is 31.6 Å². The predicted molar refractivity (Wildman–Crippen MR) is 98.2 cm³/mol. The lowest BCUT2D eigenvalue weighted by Crippen LogP contribution is -2.43. The van der Waals surface area contributed by atoms with Gasteiger partial charge in [-0.05, 0) is 31.6 Å². The lowest BCUT2D eigenvalue weighted by molar-refractivity contribution is -0.131. The Hall–Kier alpha value is -2.14. The second-order valence-electron chi connectivity index (χ2n) is 6.45. The highest BCUT2D eigenvalue weighted by Crippen LogP contribution is 2.27. The number of amides is 2. The molecule has 0 radical (unpaired) electrons. The summed E-state index contributed by atoms with van der Waals surface area (Å²) in [6.45, 7) is 0.880. The first-order valence-corrected chi connectivity index (χ1v) is 10.6. The molecule has 1 aliphatic heterocycles. The Bertz CT molecular complexity index is 801. The number of nitrogens with zero attached hydrogens (tertiary/aromatic N) is 3. The molecule has 4 N–H and O–H groups in total. The fourth-order valence-corrected chi connectivity index (χ4v) is 3.77. The fraction of sp³-hybridized carbons (Fsp3) is 0.600. The highest BCUT2D eigenvalue weighted by molar-refractivity contribution is 7.90. The molecule has 0 spiro atoms. The minimum atomic E-state index is -3.59. The van der Waals surface area contributed by atoms with Gasteiger partial charge in [-0.15, -0.1) is 0 Å². The highest BCUT2D eigenvalue weighted by atomic mass is 35.5. The molecule has 0 atom stereocenters. The van der Waals surface area contributed by atoms with Crippen molar-refractivity contribution in [3.63, 3.8) is 0 Å². The van der Waals surface area contributed by atoms with Gasteiger partial charge in [-0.3, -0.25) is 4.79 Å². The molecular weight excluding hydrogens is 398 g/mol. The maximum atomic E-state index is 11.9. The van der Waals surface area contributed by atoms with Gasteiger partial charge < -0.3 is 21.1 Å². The Balaban J connectivity index is 1.88. The molecule has 0 aliphatic carbocycles. The predicted octanol–water partition coefficient (Wildman–Crippen LogP) is 0.555. The number of anilines is 1. The molecule has 27 heavy (non-hydrogen) atoms. The van der Waals surface area contributed by atoms with Gasteiger partial charge in [0, 0.05) is 24.9 Å². The zero-order valence-corrected chi connectivity index (χ0v) is 16.4. The summed E-state index contributed by atoms with van der Waals surface area (Å²) in [6, 6.07) is 0. The lowest BCUT2D eigenvalue weighted by atomic mass is 9.91. The van der Waals surface area contributed by atoms with Gasteiger partial charge in [0.25, 0.3) is 0 Å². The van der Waals surface area contributed by atoms with Crippen LogP contribution in [0.4, 0.5) is 10.6 Å². The van der Waals surface area contributed by atoms with Gasteiger partial charge in [0.15, 0.2) is 0 Å². The van der Waals surface area contributed by atoms with Crippen molar-refractivity contribution in [1.29, 1.82) is 0 Å². The summed E-state index contributed by atoms with van der Waals surface area (Å²) in [7, 11) is -3.59. The molecule has 1 aliphatic rings. The Labute approximate surface area is 162 Å². The van der Waals surface area contributed by atoms with Crippen LogP contribution in [-0.2, 0) is 21.1 Å². The summed E-state index contributed by atoms with van der Waals surface area (Å²) in [6.07, 6.45) is 2.57. The Morgan fingerprint density at radius 1 is 1.33 bits per heavy atom. The highest BCUT2D eigenvalue weighted by Gasteiger charge is 2.24. The average molecular weight is 420 g/mol. The van der Waals surface area contributed by atoms with Gasteiger partial charge in [0.05, 0.1) is 0 Å². The quantitative estimate of drug-likeness (QED) is 0.446. The molecule has 2 heterocycles. The number of carbonyl (C=O) groups excluding carboxylic acids is 1. The first-order chi connectivity index (χ1) is 12.6. The van der Waals surface area contributed by atoms with E-state index in [-0.39, 0.29) is 23.4 Å². The number of nitrogens with two attached hydrogens (primary N) is 1. The van der Waals surface area contributed by atoms with Gasteiger partial charge in [-0.1, -0.05) is 11.6 Å². The number of nitrogens with one attached hydrogen (secondary N) is 1. The summed E-state index contributed by atoms with van der Waals surface area (Å²) < 4.78 is 23.0. The van der Waals surface area contributed by atoms with Crippen LogP contribution in [0, 0.1) is 5.92 Å². The van der Waals surface area contributed by atoms with Crippen LogP contribution in [0.5, 0.6) is 0 Å². The average Bonchev–Trinajstić information content (AvgIpc) is 2.58. The monoisotopic (exact) mass is 419 g/mol. The largest absolute Gasteiger partial charge is 0.465 e. The number of sulfone groups is 1. The third-order valence-corrected chi connectivity index (χ3v) is 5.62. The first kappa shape index (κ1) is 21.2. The summed E-state index contributed by atoms with van der Waals surface area (Å²) in [5.41, 5.74) is 6.37. The maximum Gasteiger partial charge on any atom is 0.405 e. The van der Waals surface area contributed by atoms with Gasteiger partial charge >= 0.3 is 6.09 Å². The number of piperidine rings is 1. The summed E-state index contributed by atoms with van der Waals surface area (Å²) in [4.78, 5) is 31.6. The van der Waals surface area contributed by atoms with Crippen LogP contribution in [0.15, 0.2) is 5.16 Å². The summed E-state index contributed by atoms with van der Waals surface area (Å²) >= 11 is 6.08. The van der Waals surface area contributed by atoms with Gasteiger partial charge in [0.2, 0.25) is 20.9 Å². The van der Waals surface area contributed by atoms with E-state index in [0.29, 0.717) is 31.0 Å². The second-order valence-corrected chi connectivity index (χ2v) is 8.72. The minimum absolute atomic E-state index is 0.0373. The van der Waals surface area contributed by atoms with Crippen molar-refractivity contribution in [1.82, 2.24) is 20.2 Å². The van der Waals surface area contributed by atoms with E-state index in [1.165, 1.54) is 0 Å². The molecule has 0 saturated carbocycles. The molecule has 1 fully saturated rings. The van der Waals surface area contributed by atoms with Gasteiger partial charge in [0.1, 0.15) is 17.5 Å². The molecule has 2 rings (SSSR count). The normalized spacial score (nSPS) is 15.6. The van der Waals surface area contributed by atoms with Crippen LogP contribution >= 0.6 is 11.6 Å². The third kappa shape index (κ3) is 5.93. The third-order valence-electron chi connectivity index (χ3n) is 4.46. The molecule has 10 nitrogen and oxygen atoms in total. The van der Waals surface area contributed by atoms with Crippen LogP contribution < -0.4 is 11.1 Å². The van der Waals surface area contributed by atoms with E-state index in [9.17, 15) is 18.0 Å². The Morgan fingerprint density at radius 2 is 1.96 bits per heavy atom. The molecule has 0 aromatic carbocycles. The number of carbonyl (C=O) groups is 2. The smallest absolute Gasteiger partial charge is 0.405 e. The van der Waals surface area contributed by atoms with E-state index in [0.717, 1.165) is 25.5 Å². The van der Waals surface area contributed by atoms with E-state index in [2.05, 4.69) is 15.3 Å².